The molecule has 0 bridgehead atoms. The molecule has 5 rings (SSSR count). The number of benzene rings is 2. The highest BCUT2D eigenvalue weighted by Crippen LogP contribution is 2.30. The summed E-state index contributed by atoms with van der Waals surface area (Å²) in [6.45, 7) is 1.93. The van der Waals surface area contributed by atoms with Crippen molar-refractivity contribution in [3.05, 3.63) is 114 Å². The zero-order valence-corrected chi connectivity index (χ0v) is 18.8. The molecule has 0 saturated carbocycles. The molecule has 34 heavy (non-hydrogen) atoms. The van der Waals surface area contributed by atoms with E-state index in [1.54, 1.807) is 12.4 Å². The maximum Gasteiger partial charge on any atom is 0.241 e. The van der Waals surface area contributed by atoms with Gasteiger partial charge in [-0.25, -0.2) is 0 Å². The van der Waals surface area contributed by atoms with E-state index in [-0.39, 0.29) is 0 Å². The number of pyridine rings is 2. The summed E-state index contributed by atoms with van der Waals surface area (Å²) in [6.07, 6.45) is 4.53. The average Bonchev–Trinajstić information content (AvgIpc) is 2.91. The van der Waals surface area contributed by atoms with Crippen molar-refractivity contribution in [2.75, 3.05) is 6.54 Å². The summed E-state index contributed by atoms with van der Waals surface area (Å²) in [5.74, 6) is 0.497. The van der Waals surface area contributed by atoms with Crippen LogP contribution in [0, 0.1) is 0 Å². The van der Waals surface area contributed by atoms with E-state index in [1.165, 1.54) is 5.56 Å². The summed E-state index contributed by atoms with van der Waals surface area (Å²) in [5.41, 5.74) is 4.87. The zero-order valence-electron chi connectivity index (χ0n) is 18.8. The van der Waals surface area contributed by atoms with E-state index in [1.807, 2.05) is 60.7 Å². The van der Waals surface area contributed by atoms with Crippen molar-refractivity contribution < 1.29 is 4.74 Å². The Morgan fingerprint density at radius 1 is 0.735 bits per heavy atom. The van der Waals surface area contributed by atoms with Crippen molar-refractivity contribution in [1.29, 1.82) is 0 Å². The van der Waals surface area contributed by atoms with Crippen LogP contribution in [0.4, 0.5) is 0 Å². The molecule has 0 aliphatic carbocycles. The molecule has 0 spiro atoms. The molecule has 1 N–H and O–H groups in total. The van der Waals surface area contributed by atoms with E-state index >= 15 is 0 Å². The van der Waals surface area contributed by atoms with E-state index in [4.69, 9.17) is 9.72 Å². The Morgan fingerprint density at radius 2 is 1.56 bits per heavy atom. The highest BCUT2D eigenvalue weighted by Gasteiger charge is 2.12. The van der Waals surface area contributed by atoms with Gasteiger partial charge in [0.1, 0.15) is 12.3 Å². The number of fused-ring (bicyclic) bond motifs is 1. The van der Waals surface area contributed by atoms with Gasteiger partial charge in [-0.15, -0.1) is 10.2 Å². The first-order valence-corrected chi connectivity index (χ1v) is 11.3. The number of nitrogens with one attached hydrogen (secondary N) is 1. The lowest BCUT2D eigenvalue weighted by atomic mass is 10.1. The molecule has 0 atom stereocenters. The summed E-state index contributed by atoms with van der Waals surface area (Å²) in [6, 6.07) is 28.3. The van der Waals surface area contributed by atoms with Crippen LogP contribution in [0.15, 0.2) is 97.3 Å². The maximum atomic E-state index is 6.06. The third-order valence-corrected chi connectivity index (χ3v) is 5.55. The summed E-state index contributed by atoms with van der Waals surface area (Å²) < 4.78 is 6.06. The first-order chi connectivity index (χ1) is 16.9. The standard InChI is InChI=1S/C28H25N5O/c1-2-8-21(9-3-1)15-17-30-19-23-11-6-12-24(31-23)20-34-28-26-14-5-4-13-25(26)27(32-33-28)22-10-7-16-29-18-22/h1-14,16,18,30H,15,17,19-20H2. The lowest BCUT2D eigenvalue weighted by Gasteiger charge is -2.11. The van der Waals surface area contributed by atoms with E-state index in [0.29, 0.717) is 19.0 Å². The molecular formula is C28H25N5O. The Balaban J connectivity index is 1.24. The molecule has 5 aromatic rings. The Bertz CT molecular complexity index is 1360. The van der Waals surface area contributed by atoms with Gasteiger partial charge in [0.05, 0.1) is 11.4 Å². The number of nitrogens with zero attached hydrogens (tertiary/aromatic N) is 4. The largest absolute Gasteiger partial charge is 0.470 e. The van der Waals surface area contributed by atoms with Crippen LogP contribution < -0.4 is 10.1 Å². The van der Waals surface area contributed by atoms with Crippen molar-refractivity contribution in [1.82, 2.24) is 25.5 Å². The monoisotopic (exact) mass is 447 g/mol. The molecule has 0 unspecified atom stereocenters. The van der Waals surface area contributed by atoms with Gasteiger partial charge in [0.25, 0.3) is 0 Å². The number of aromatic nitrogens is 4. The van der Waals surface area contributed by atoms with Crippen LogP contribution in [0.25, 0.3) is 22.0 Å². The van der Waals surface area contributed by atoms with E-state index < -0.39 is 0 Å². The molecule has 0 aliphatic rings. The fourth-order valence-corrected chi connectivity index (χ4v) is 3.85. The minimum atomic E-state index is 0.322. The van der Waals surface area contributed by atoms with Gasteiger partial charge in [-0.1, -0.05) is 54.6 Å². The molecule has 6 heteroatoms. The SMILES string of the molecule is c1ccc(CCNCc2cccc(COc3nnc(-c4cccnc4)c4ccccc34)n2)cc1. The fourth-order valence-electron chi connectivity index (χ4n) is 3.85. The Labute approximate surface area is 198 Å². The molecule has 2 aromatic carbocycles. The third-order valence-electron chi connectivity index (χ3n) is 5.55. The van der Waals surface area contributed by atoms with Crippen molar-refractivity contribution in [3.8, 4) is 17.1 Å². The number of rotatable bonds is 9. The number of hydrogen-bond acceptors (Lipinski definition) is 6. The van der Waals surface area contributed by atoms with E-state index in [0.717, 1.165) is 46.4 Å². The molecule has 3 heterocycles. The predicted octanol–water partition coefficient (Wildman–Crippen LogP) is 5.00. The Hall–Kier alpha value is -4.16. The second kappa shape index (κ2) is 10.6. The van der Waals surface area contributed by atoms with Gasteiger partial charge in [0.2, 0.25) is 5.88 Å². The van der Waals surface area contributed by atoms with Crippen molar-refractivity contribution >= 4 is 10.8 Å². The lowest BCUT2D eigenvalue weighted by Crippen LogP contribution is -2.17. The van der Waals surface area contributed by atoms with Crippen LogP contribution in [0.3, 0.4) is 0 Å². The second-order valence-corrected chi connectivity index (χ2v) is 7.96. The average molecular weight is 448 g/mol. The van der Waals surface area contributed by atoms with Crippen molar-refractivity contribution in [3.63, 3.8) is 0 Å². The van der Waals surface area contributed by atoms with Crippen molar-refractivity contribution in [2.24, 2.45) is 0 Å². The van der Waals surface area contributed by atoms with Crippen LogP contribution in [0.1, 0.15) is 17.0 Å². The smallest absolute Gasteiger partial charge is 0.241 e. The van der Waals surface area contributed by atoms with Crippen LogP contribution in [-0.4, -0.2) is 26.7 Å². The first-order valence-electron chi connectivity index (χ1n) is 11.3. The molecule has 0 fully saturated rings. The first kappa shape index (κ1) is 21.7. The van der Waals surface area contributed by atoms with Crippen LogP contribution in [0.2, 0.25) is 0 Å². The molecular weight excluding hydrogens is 422 g/mol. The molecule has 168 valence electrons. The summed E-state index contributed by atoms with van der Waals surface area (Å²) >= 11 is 0. The topological polar surface area (TPSA) is 72.8 Å². The van der Waals surface area contributed by atoms with Crippen LogP contribution >= 0.6 is 0 Å². The van der Waals surface area contributed by atoms with Gasteiger partial charge in [-0.05, 0) is 48.9 Å². The van der Waals surface area contributed by atoms with Gasteiger partial charge in [-0.3, -0.25) is 9.97 Å². The maximum absolute atomic E-state index is 6.06. The zero-order chi connectivity index (χ0) is 23.0. The molecule has 6 nitrogen and oxygen atoms in total. The van der Waals surface area contributed by atoms with Crippen LogP contribution in [-0.2, 0) is 19.6 Å². The predicted molar refractivity (Wildman–Crippen MR) is 133 cm³/mol. The van der Waals surface area contributed by atoms with Crippen LogP contribution in [0.5, 0.6) is 5.88 Å². The second-order valence-electron chi connectivity index (χ2n) is 7.96. The summed E-state index contributed by atoms with van der Waals surface area (Å²) in [5, 5.41) is 14.2. The van der Waals surface area contributed by atoms with E-state index in [2.05, 4.69) is 44.8 Å². The summed E-state index contributed by atoms with van der Waals surface area (Å²) in [7, 11) is 0. The molecule has 3 aromatic heterocycles. The van der Waals surface area contributed by atoms with E-state index in [9.17, 15) is 0 Å². The van der Waals surface area contributed by atoms with Crippen molar-refractivity contribution in [2.45, 2.75) is 19.6 Å². The lowest BCUT2D eigenvalue weighted by molar-refractivity contribution is 0.289. The minimum absolute atomic E-state index is 0.322. The highest BCUT2D eigenvalue weighted by molar-refractivity contribution is 5.96. The van der Waals surface area contributed by atoms with Gasteiger partial charge < -0.3 is 10.1 Å². The molecule has 0 radical (unpaired) electrons. The summed E-state index contributed by atoms with van der Waals surface area (Å²) in [4.78, 5) is 8.94. The number of hydrogen-bond donors (Lipinski definition) is 1. The van der Waals surface area contributed by atoms with Gasteiger partial charge >= 0.3 is 0 Å². The molecule has 0 saturated heterocycles. The quantitative estimate of drug-likeness (QED) is 0.321. The minimum Gasteiger partial charge on any atom is -0.470 e. The van der Waals surface area contributed by atoms with Gasteiger partial charge in [0.15, 0.2) is 0 Å². The molecule has 0 aliphatic heterocycles. The Morgan fingerprint density at radius 3 is 2.41 bits per heavy atom. The normalized spacial score (nSPS) is 10.9. The Kier molecular flexibility index (Phi) is 6.78. The third kappa shape index (κ3) is 5.24. The highest BCUT2D eigenvalue weighted by atomic mass is 16.5. The van der Waals surface area contributed by atoms with Gasteiger partial charge in [-0.2, -0.15) is 0 Å². The molecule has 0 amide bonds. The van der Waals surface area contributed by atoms with Gasteiger partial charge in [0, 0.05) is 35.3 Å². The number of ether oxygens (including phenoxy) is 1. The fraction of sp³-hybridized carbons (Fsp3) is 0.143.